The van der Waals surface area contributed by atoms with Crippen LogP contribution in [-0.4, -0.2) is 22.7 Å². The monoisotopic (exact) mass is 435 g/mol. The van der Waals surface area contributed by atoms with Crippen molar-refractivity contribution in [3.05, 3.63) is 93.6 Å². The van der Waals surface area contributed by atoms with Gasteiger partial charge in [0.25, 0.3) is 0 Å². The summed E-state index contributed by atoms with van der Waals surface area (Å²) in [6, 6.07) is 20.9. The van der Waals surface area contributed by atoms with Gasteiger partial charge in [-0.1, -0.05) is 71.9 Å². The molecule has 0 aromatic heterocycles. The Kier molecular flexibility index (Phi) is 5.93. The molecular formula is C24H18ClNO3S. The van der Waals surface area contributed by atoms with Crippen molar-refractivity contribution in [1.82, 2.24) is 0 Å². The Morgan fingerprint density at radius 3 is 2.60 bits per heavy atom. The van der Waals surface area contributed by atoms with Crippen molar-refractivity contribution in [1.29, 1.82) is 0 Å². The molecule has 0 saturated carbocycles. The second kappa shape index (κ2) is 8.78. The minimum Gasteiger partial charge on any atom is -0.506 e. The van der Waals surface area contributed by atoms with Gasteiger partial charge in [0.1, 0.15) is 16.4 Å². The summed E-state index contributed by atoms with van der Waals surface area (Å²) in [4.78, 5) is 17.8. The third-order valence-corrected chi connectivity index (χ3v) is 5.80. The number of benzene rings is 3. The molecule has 0 unspecified atom stereocenters. The van der Waals surface area contributed by atoms with E-state index in [0.717, 1.165) is 22.0 Å². The van der Waals surface area contributed by atoms with Gasteiger partial charge < -0.3 is 9.84 Å². The van der Waals surface area contributed by atoms with Crippen LogP contribution >= 0.6 is 23.4 Å². The third-order valence-electron chi connectivity index (χ3n) is 4.53. The quantitative estimate of drug-likeness (QED) is 0.464. The molecule has 0 fully saturated rings. The summed E-state index contributed by atoms with van der Waals surface area (Å²) >= 11 is 7.19. The summed E-state index contributed by atoms with van der Waals surface area (Å²) in [6.45, 7) is 1.93. The molecule has 1 aliphatic heterocycles. The molecule has 0 amide bonds. The topological polar surface area (TPSA) is 58.9 Å². The SMILES string of the molecule is CCOC(=O)C1=C(O)/C(=C\c2ccc(Cl)cc2)SC1=Nc1cccc2ccccc12. The first-order valence-electron chi connectivity index (χ1n) is 9.39. The van der Waals surface area contributed by atoms with E-state index in [4.69, 9.17) is 21.3 Å². The van der Waals surface area contributed by atoms with Crippen molar-refractivity contribution in [2.75, 3.05) is 6.61 Å². The van der Waals surface area contributed by atoms with Gasteiger partial charge in [-0.25, -0.2) is 9.79 Å². The van der Waals surface area contributed by atoms with Crippen LogP contribution in [0.3, 0.4) is 0 Å². The Balaban J connectivity index is 1.81. The molecule has 30 heavy (non-hydrogen) atoms. The Labute approximate surface area is 183 Å². The molecule has 4 rings (SSSR count). The van der Waals surface area contributed by atoms with Crippen molar-refractivity contribution in [3.63, 3.8) is 0 Å². The number of esters is 1. The van der Waals surface area contributed by atoms with E-state index in [1.165, 1.54) is 11.8 Å². The van der Waals surface area contributed by atoms with Gasteiger partial charge in [0.05, 0.1) is 17.2 Å². The number of aliphatic imine (C=N–C) groups is 1. The number of aliphatic hydroxyl groups is 1. The van der Waals surface area contributed by atoms with Crippen LogP contribution in [0.5, 0.6) is 0 Å². The highest BCUT2D eigenvalue weighted by Crippen LogP contribution is 2.41. The van der Waals surface area contributed by atoms with Crippen molar-refractivity contribution in [2.24, 2.45) is 4.99 Å². The molecule has 0 bridgehead atoms. The van der Waals surface area contributed by atoms with Crippen LogP contribution < -0.4 is 0 Å². The summed E-state index contributed by atoms with van der Waals surface area (Å²) in [5.41, 5.74) is 1.65. The first-order valence-corrected chi connectivity index (χ1v) is 10.6. The number of carbonyl (C=O) groups excluding carboxylic acids is 1. The molecule has 6 heteroatoms. The molecule has 0 saturated heterocycles. The standard InChI is InChI=1S/C24H18ClNO3S/c1-2-29-24(28)21-22(27)20(14-15-10-12-17(25)13-11-15)30-23(21)26-19-9-5-7-16-6-3-4-8-18(16)19/h3-14,27H,2H2,1H3/b20-14+,26-23?. The van der Waals surface area contributed by atoms with Crippen LogP contribution in [0.25, 0.3) is 16.8 Å². The van der Waals surface area contributed by atoms with Crippen LogP contribution in [-0.2, 0) is 9.53 Å². The first-order chi connectivity index (χ1) is 14.6. The number of rotatable bonds is 4. The van der Waals surface area contributed by atoms with Crippen LogP contribution in [0.15, 0.2) is 88.0 Å². The number of fused-ring (bicyclic) bond motifs is 1. The zero-order valence-corrected chi connectivity index (χ0v) is 17.7. The number of ether oxygens (including phenoxy) is 1. The molecule has 0 atom stereocenters. The van der Waals surface area contributed by atoms with Gasteiger partial charge in [0, 0.05) is 10.4 Å². The van der Waals surface area contributed by atoms with E-state index < -0.39 is 5.97 Å². The lowest BCUT2D eigenvalue weighted by atomic mass is 10.1. The highest BCUT2D eigenvalue weighted by atomic mass is 35.5. The van der Waals surface area contributed by atoms with E-state index in [1.807, 2.05) is 54.6 Å². The predicted octanol–water partition coefficient (Wildman–Crippen LogP) is 6.69. The highest BCUT2D eigenvalue weighted by Gasteiger charge is 2.33. The molecule has 0 aliphatic carbocycles. The Morgan fingerprint density at radius 2 is 1.83 bits per heavy atom. The summed E-state index contributed by atoms with van der Waals surface area (Å²) in [6.07, 6.45) is 1.79. The molecule has 3 aromatic rings. The minimum atomic E-state index is -0.596. The first kappa shape index (κ1) is 20.3. The van der Waals surface area contributed by atoms with Gasteiger partial charge in [-0.15, -0.1) is 0 Å². The molecule has 3 aromatic carbocycles. The zero-order chi connectivity index (χ0) is 21.1. The largest absolute Gasteiger partial charge is 0.506 e. The van der Waals surface area contributed by atoms with Gasteiger partial charge in [-0.05, 0) is 42.1 Å². The fraction of sp³-hybridized carbons (Fsp3) is 0.0833. The third kappa shape index (κ3) is 4.13. The van der Waals surface area contributed by atoms with E-state index in [-0.39, 0.29) is 17.9 Å². The lowest BCUT2D eigenvalue weighted by Crippen LogP contribution is -2.12. The smallest absolute Gasteiger partial charge is 0.344 e. The second-order valence-corrected chi connectivity index (χ2v) is 7.99. The average molecular weight is 436 g/mol. The Hall–Kier alpha value is -3.02. The number of aliphatic hydroxyl groups excluding tert-OH is 1. The molecule has 150 valence electrons. The van der Waals surface area contributed by atoms with Crippen LogP contribution in [0.2, 0.25) is 5.02 Å². The lowest BCUT2D eigenvalue weighted by molar-refractivity contribution is -0.138. The fourth-order valence-corrected chi connectivity index (χ4v) is 4.27. The fourth-order valence-electron chi connectivity index (χ4n) is 3.12. The second-order valence-electron chi connectivity index (χ2n) is 6.52. The maximum absolute atomic E-state index is 12.6. The normalized spacial score (nSPS) is 16.6. The Morgan fingerprint density at radius 1 is 1.10 bits per heavy atom. The molecular weight excluding hydrogens is 418 g/mol. The number of carbonyl (C=O) groups is 1. The van der Waals surface area contributed by atoms with Crippen LogP contribution in [0.1, 0.15) is 12.5 Å². The van der Waals surface area contributed by atoms with Gasteiger partial charge in [-0.3, -0.25) is 0 Å². The number of hydrogen-bond acceptors (Lipinski definition) is 5. The number of hydrogen-bond donors (Lipinski definition) is 1. The number of halogens is 1. The van der Waals surface area contributed by atoms with Crippen molar-refractivity contribution >= 4 is 56.9 Å². The van der Waals surface area contributed by atoms with E-state index in [2.05, 4.69) is 0 Å². The van der Waals surface area contributed by atoms with Crippen LogP contribution in [0, 0.1) is 0 Å². The van der Waals surface area contributed by atoms with E-state index in [0.29, 0.717) is 15.0 Å². The van der Waals surface area contributed by atoms with Gasteiger partial charge in [-0.2, -0.15) is 0 Å². The maximum atomic E-state index is 12.6. The molecule has 0 radical (unpaired) electrons. The molecule has 1 heterocycles. The summed E-state index contributed by atoms with van der Waals surface area (Å²) in [7, 11) is 0. The Bertz CT molecular complexity index is 1210. The summed E-state index contributed by atoms with van der Waals surface area (Å²) in [5.74, 6) is -0.728. The molecule has 1 aliphatic rings. The molecule has 1 N–H and O–H groups in total. The summed E-state index contributed by atoms with van der Waals surface area (Å²) < 4.78 is 5.17. The number of nitrogens with zero attached hydrogens (tertiary/aromatic N) is 1. The average Bonchev–Trinajstić information content (AvgIpc) is 3.05. The van der Waals surface area contributed by atoms with Crippen molar-refractivity contribution in [2.45, 2.75) is 6.92 Å². The van der Waals surface area contributed by atoms with Crippen molar-refractivity contribution < 1.29 is 14.6 Å². The minimum absolute atomic E-state index is 0.0787. The van der Waals surface area contributed by atoms with E-state index in [9.17, 15) is 9.90 Å². The maximum Gasteiger partial charge on any atom is 0.344 e. The van der Waals surface area contributed by atoms with Gasteiger partial charge >= 0.3 is 5.97 Å². The highest BCUT2D eigenvalue weighted by molar-refractivity contribution is 8.18. The van der Waals surface area contributed by atoms with Gasteiger partial charge in [0.15, 0.2) is 0 Å². The molecule has 0 spiro atoms. The molecule has 4 nitrogen and oxygen atoms in total. The van der Waals surface area contributed by atoms with Crippen molar-refractivity contribution in [3.8, 4) is 0 Å². The summed E-state index contributed by atoms with van der Waals surface area (Å²) in [5, 5.41) is 13.8. The van der Waals surface area contributed by atoms with E-state index >= 15 is 0 Å². The lowest BCUT2D eigenvalue weighted by Gasteiger charge is -2.05. The van der Waals surface area contributed by atoms with Crippen LogP contribution in [0.4, 0.5) is 5.69 Å². The number of thioether (sulfide) groups is 1. The van der Waals surface area contributed by atoms with E-state index in [1.54, 1.807) is 25.1 Å². The zero-order valence-electron chi connectivity index (χ0n) is 16.1. The predicted molar refractivity (Wildman–Crippen MR) is 124 cm³/mol. The van der Waals surface area contributed by atoms with Gasteiger partial charge in [0.2, 0.25) is 0 Å².